The van der Waals surface area contributed by atoms with Gasteiger partial charge in [-0.25, -0.2) is 4.79 Å². The molecule has 0 unspecified atom stereocenters. The van der Waals surface area contributed by atoms with Gasteiger partial charge in [0.05, 0.1) is 19.3 Å². The van der Waals surface area contributed by atoms with E-state index < -0.39 is 5.97 Å². The van der Waals surface area contributed by atoms with Crippen molar-refractivity contribution in [2.45, 2.75) is 6.61 Å². The Morgan fingerprint density at radius 3 is 2.88 bits per heavy atom. The monoisotopic (exact) mass is 222 g/mol. The lowest BCUT2D eigenvalue weighted by Gasteiger charge is -2.09. The van der Waals surface area contributed by atoms with Crippen molar-refractivity contribution in [3.63, 3.8) is 0 Å². The topological polar surface area (TPSA) is 55.8 Å². The van der Waals surface area contributed by atoms with Crippen LogP contribution in [0.2, 0.25) is 0 Å². The summed E-state index contributed by atoms with van der Waals surface area (Å²) in [7, 11) is 1.31. The van der Waals surface area contributed by atoms with Gasteiger partial charge in [-0.1, -0.05) is 12.7 Å². The Hall–Kier alpha value is -1.81. The Labute approximate surface area is 94.1 Å². The van der Waals surface area contributed by atoms with Gasteiger partial charge in [-0.2, -0.15) is 0 Å². The number of aliphatic hydroxyl groups is 1. The summed E-state index contributed by atoms with van der Waals surface area (Å²) in [6.45, 7) is 3.68. The Bertz CT molecular complexity index is 385. The molecule has 1 aromatic carbocycles. The molecular weight excluding hydrogens is 208 g/mol. The van der Waals surface area contributed by atoms with Crippen LogP contribution >= 0.6 is 0 Å². The molecule has 0 spiro atoms. The second-order valence-corrected chi connectivity index (χ2v) is 3.07. The Morgan fingerprint density at radius 2 is 2.31 bits per heavy atom. The molecule has 0 fully saturated rings. The molecule has 1 N–H and O–H groups in total. The van der Waals surface area contributed by atoms with Gasteiger partial charge in [0.15, 0.2) is 0 Å². The average Bonchev–Trinajstić information content (AvgIpc) is 2.35. The summed E-state index contributed by atoms with van der Waals surface area (Å²) in [5.41, 5.74) is 0.933. The van der Waals surface area contributed by atoms with E-state index in [4.69, 9.17) is 9.84 Å². The Kier molecular flexibility index (Phi) is 4.54. The van der Waals surface area contributed by atoms with Crippen LogP contribution < -0.4 is 4.74 Å². The van der Waals surface area contributed by atoms with Gasteiger partial charge in [0.25, 0.3) is 0 Å². The standard InChI is InChI=1S/C12H14O4/c1-3-6-16-11-5-4-9(12(14)15-2)7-10(11)8-13/h3-5,7,13H,1,6,8H2,2H3. The molecule has 4 heteroatoms. The third kappa shape index (κ3) is 2.84. The van der Waals surface area contributed by atoms with E-state index in [1.807, 2.05) is 0 Å². The highest BCUT2D eigenvalue weighted by Gasteiger charge is 2.09. The highest BCUT2D eigenvalue weighted by Crippen LogP contribution is 2.20. The predicted molar refractivity (Wildman–Crippen MR) is 59.4 cm³/mol. The molecule has 86 valence electrons. The number of carbonyl (C=O) groups excluding carboxylic acids is 1. The van der Waals surface area contributed by atoms with Crippen LogP contribution in [0.5, 0.6) is 5.75 Å². The first kappa shape index (κ1) is 12.3. The van der Waals surface area contributed by atoms with Crippen LogP contribution in [-0.2, 0) is 11.3 Å². The van der Waals surface area contributed by atoms with Crippen molar-refractivity contribution >= 4 is 5.97 Å². The van der Waals surface area contributed by atoms with Gasteiger partial charge in [0.1, 0.15) is 12.4 Å². The fraction of sp³-hybridized carbons (Fsp3) is 0.250. The lowest BCUT2D eigenvalue weighted by molar-refractivity contribution is 0.0600. The summed E-state index contributed by atoms with van der Waals surface area (Å²) in [6.07, 6.45) is 1.61. The lowest BCUT2D eigenvalue weighted by Crippen LogP contribution is -2.04. The van der Waals surface area contributed by atoms with E-state index in [2.05, 4.69) is 11.3 Å². The molecule has 0 aliphatic heterocycles. The molecule has 0 aliphatic carbocycles. The molecule has 0 aliphatic rings. The summed E-state index contributed by atoms with van der Waals surface area (Å²) in [5.74, 6) is 0.0972. The second-order valence-electron chi connectivity index (χ2n) is 3.07. The Balaban J connectivity index is 2.96. The maximum atomic E-state index is 11.2. The fourth-order valence-corrected chi connectivity index (χ4v) is 1.24. The van der Waals surface area contributed by atoms with Crippen LogP contribution in [0.4, 0.5) is 0 Å². The maximum Gasteiger partial charge on any atom is 0.337 e. The number of aliphatic hydroxyl groups excluding tert-OH is 1. The fourth-order valence-electron chi connectivity index (χ4n) is 1.24. The van der Waals surface area contributed by atoms with E-state index in [1.54, 1.807) is 24.3 Å². The van der Waals surface area contributed by atoms with Gasteiger partial charge < -0.3 is 14.6 Å². The number of methoxy groups -OCH3 is 1. The zero-order chi connectivity index (χ0) is 12.0. The van der Waals surface area contributed by atoms with Crippen molar-refractivity contribution in [3.8, 4) is 5.75 Å². The minimum absolute atomic E-state index is 0.197. The second kappa shape index (κ2) is 5.92. The predicted octanol–water partition coefficient (Wildman–Crippen LogP) is 1.53. The molecule has 0 saturated heterocycles. The average molecular weight is 222 g/mol. The quantitative estimate of drug-likeness (QED) is 0.606. The maximum absolute atomic E-state index is 11.2. The normalized spacial score (nSPS) is 9.62. The zero-order valence-electron chi connectivity index (χ0n) is 9.10. The molecule has 1 aromatic rings. The smallest absolute Gasteiger partial charge is 0.337 e. The third-order valence-electron chi connectivity index (χ3n) is 2.01. The third-order valence-corrected chi connectivity index (χ3v) is 2.01. The van der Waals surface area contributed by atoms with Crippen molar-refractivity contribution in [1.29, 1.82) is 0 Å². The highest BCUT2D eigenvalue weighted by molar-refractivity contribution is 5.89. The molecule has 1 rings (SSSR count). The van der Waals surface area contributed by atoms with Crippen LogP contribution in [0.15, 0.2) is 30.9 Å². The van der Waals surface area contributed by atoms with E-state index in [0.29, 0.717) is 23.5 Å². The van der Waals surface area contributed by atoms with Crippen molar-refractivity contribution in [1.82, 2.24) is 0 Å². The van der Waals surface area contributed by atoms with Crippen molar-refractivity contribution in [2.75, 3.05) is 13.7 Å². The molecular formula is C12H14O4. The molecule has 0 radical (unpaired) electrons. The molecule has 0 amide bonds. The molecule has 0 aromatic heterocycles. The van der Waals surface area contributed by atoms with Gasteiger partial charge >= 0.3 is 5.97 Å². The van der Waals surface area contributed by atoms with Gasteiger partial charge in [0.2, 0.25) is 0 Å². The molecule has 0 atom stereocenters. The van der Waals surface area contributed by atoms with E-state index in [0.717, 1.165) is 0 Å². The summed E-state index contributed by atoms with van der Waals surface area (Å²) in [6, 6.07) is 4.76. The van der Waals surface area contributed by atoms with E-state index in [9.17, 15) is 4.79 Å². The van der Waals surface area contributed by atoms with E-state index in [-0.39, 0.29) is 6.61 Å². The SMILES string of the molecule is C=CCOc1ccc(C(=O)OC)cc1CO. The highest BCUT2D eigenvalue weighted by atomic mass is 16.5. The summed E-state index contributed by atoms with van der Waals surface area (Å²) in [5, 5.41) is 9.14. The number of rotatable bonds is 5. The Morgan fingerprint density at radius 1 is 1.56 bits per heavy atom. The number of esters is 1. The minimum atomic E-state index is -0.440. The summed E-state index contributed by atoms with van der Waals surface area (Å²) >= 11 is 0. The van der Waals surface area contributed by atoms with Gasteiger partial charge in [-0.15, -0.1) is 0 Å². The zero-order valence-corrected chi connectivity index (χ0v) is 9.10. The number of hydrogen-bond donors (Lipinski definition) is 1. The van der Waals surface area contributed by atoms with Crippen LogP contribution in [0, 0.1) is 0 Å². The van der Waals surface area contributed by atoms with Crippen molar-refractivity contribution in [2.24, 2.45) is 0 Å². The lowest BCUT2D eigenvalue weighted by atomic mass is 10.1. The van der Waals surface area contributed by atoms with E-state index >= 15 is 0 Å². The van der Waals surface area contributed by atoms with Crippen LogP contribution in [0.3, 0.4) is 0 Å². The van der Waals surface area contributed by atoms with E-state index in [1.165, 1.54) is 7.11 Å². The molecule has 0 heterocycles. The van der Waals surface area contributed by atoms with Crippen LogP contribution in [0.1, 0.15) is 15.9 Å². The first-order chi connectivity index (χ1) is 7.72. The summed E-state index contributed by atoms with van der Waals surface area (Å²) in [4.78, 5) is 11.2. The first-order valence-corrected chi connectivity index (χ1v) is 4.78. The van der Waals surface area contributed by atoms with Crippen LogP contribution in [-0.4, -0.2) is 24.8 Å². The first-order valence-electron chi connectivity index (χ1n) is 4.78. The number of hydrogen-bond acceptors (Lipinski definition) is 4. The molecule has 4 nitrogen and oxygen atoms in total. The molecule has 16 heavy (non-hydrogen) atoms. The summed E-state index contributed by atoms with van der Waals surface area (Å²) < 4.78 is 9.89. The van der Waals surface area contributed by atoms with Gasteiger partial charge in [-0.3, -0.25) is 0 Å². The largest absolute Gasteiger partial charge is 0.489 e. The van der Waals surface area contributed by atoms with Crippen LogP contribution in [0.25, 0.3) is 0 Å². The number of benzene rings is 1. The van der Waals surface area contributed by atoms with Crippen molar-refractivity contribution in [3.05, 3.63) is 42.0 Å². The van der Waals surface area contributed by atoms with Crippen molar-refractivity contribution < 1.29 is 19.4 Å². The molecule has 0 saturated carbocycles. The molecule has 0 bridgehead atoms. The van der Waals surface area contributed by atoms with Gasteiger partial charge in [0, 0.05) is 5.56 Å². The number of carbonyl (C=O) groups is 1. The minimum Gasteiger partial charge on any atom is -0.489 e. The number of ether oxygens (including phenoxy) is 2. The van der Waals surface area contributed by atoms with Gasteiger partial charge in [-0.05, 0) is 18.2 Å².